The molecule has 2 aromatic heterocycles. The second-order valence-corrected chi connectivity index (χ2v) is 8.91. The molecule has 0 radical (unpaired) electrons. The van der Waals surface area contributed by atoms with Crippen molar-refractivity contribution in [3.05, 3.63) is 57.5 Å². The Balaban J connectivity index is 1.39. The zero-order valence-electron chi connectivity index (χ0n) is 18.1. The number of fused-ring (bicyclic) bond motifs is 3. The molecule has 5 rings (SSSR count). The molecule has 162 valence electrons. The van der Waals surface area contributed by atoms with Crippen molar-refractivity contribution >= 4 is 23.2 Å². The van der Waals surface area contributed by atoms with E-state index >= 15 is 0 Å². The summed E-state index contributed by atoms with van der Waals surface area (Å²) in [5.41, 5.74) is 4.89. The van der Waals surface area contributed by atoms with Crippen molar-refractivity contribution in [2.75, 3.05) is 20.1 Å². The van der Waals surface area contributed by atoms with Gasteiger partial charge in [-0.25, -0.2) is 9.50 Å². The Morgan fingerprint density at radius 3 is 2.68 bits per heavy atom. The van der Waals surface area contributed by atoms with E-state index in [9.17, 15) is 4.79 Å². The van der Waals surface area contributed by atoms with E-state index in [2.05, 4.69) is 22.0 Å². The number of carbonyl (C=O) groups excluding carboxylic acids is 1. The van der Waals surface area contributed by atoms with E-state index in [0.29, 0.717) is 29.4 Å². The lowest BCUT2D eigenvalue weighted by Gasteiger charge is -2.30. The highest BCUT2D eigenvalue weighted by molar-refractivity contribution is 6.31. The van der Waals surface area contributed by atoms with Crippen molar-refractivity contribution in [1.82, 2.24) is 24.4 Å². The molecule has 0 saturated carbocycles. The van der Waals surface area contributed by atoms with Crippen molar-refractivity contribution < 1.29 is 9.53 Å². The summed E-state index contributed by atoms with van der Waals surface area (Å²) in [4.78, 5) is 22.2. The van der Waals surface area contributed by atoms with Crippen LogP contribution in [0.15, 0.2) is 24.3 Å². The Morgan fingerprint density at radius 1 is 1.16 bits per heavy atom. The smallest absolute Gasteiger partial charge is 0.258 e. The van der Waals surface area contributed by atoms with E-state index in [1.165, 1.54) is 0 Å². The van der Waals surface area contributed by atoms with Gasteiger partial charge in [-0.15, -0.1) is 0 Å². The van der Waals surface area contributed by atoms with E-state index in [0.717, 1.165) is 54.2 Å². The molecule has 3 aromatic rings. The largest absolute Gasteiger partial charge is 0.489 e. The van der Waals surface area contributed by atoms with Crippen molar-refractivity contribution in [1.29, 1.82) is 0 Å². The summed E-state index contributed by atoms with van der Waals surface area (Å²) in [7, 11) is 2.13. The number of nitrogens with zero attached hydrogens (tertiary/aromatic N) is 5. The fraction of sp³-hybridized carbons (Fsp3) is 0.435. The number of hydrogen-bond acceptors (Lipinski definition) is 5. The molecule has 2 aliphatic rings. The van der Waals surface area contributed by atoms with Crippen molar-refractivity contribution in [2.24, 2.45) is 0 Å². The summed E-state index contributed by atoms with van der Waals surface area (Å²) in [5, 5.41) is 5.31. The van der Waals surface area contributed by atoms with E-state index in [1.807, 2.05) is 43.0 Å². The van der Waals surface area contributed by atoms with Gasteiger partial charge in [0, 0.05) is 18.7 Å². The topological polar surface area (TPSA) is 63.0 Å². The molecule has 0 bridgehead atoms. The van der Waals surface area contributed by atoms with Crippen LogP contribution in [0.3, 0.4) is 0 Å². The summed E-state index contributed by atoms with van der Waals surface area (Å²) >= 11 is 6.34. The second kappa shape index (κ2) is 7.80. The fourth-order valence-electron chi connectivity index (χ4n) is 4.46. The molecule has 0 N–H and O–H groups in total. The van der Waals surface area contributed by atoms with Crippen molar-refractivity contribution in [3.8, 4) is 5.75 Å². The lowest BCUT2D eigenvalue weighted by atomic mass is 10.1. The first-order valence-electron chi connectivity index (χ1n) is 10.7. The number of hydrogen-bond donors (Lipinski definition) is 0. The van der Waals surface area contributed by atoms with Gasteiger partial charge in [0.05, 0.1) is 40.8 Å². The fourth-order valence-corrected chi connectivity index (χ4v) is 4.58. The monoisotopic (exact) mass is 439 g/mol. The Morgan fingerprint density at radius 2 is 1.90 bits per heavy atom. The molecule has 4 heterocycles. The summed E-state index contributed by atoms with van der Waals surface area (Å²) in [6.07, 6.45) is 2.08. The highest BCUT2D eigenvalue weighted by atomic mass is 35.5. The number of benzene rings is 1. The molecule has 0 atom stereocenters. The summed E-state index contributed by atoms with van der Waals surface area (Å²) in [6, 6.07) is 7.55. The lowest BCUT2D eigenvalue weighted by molar-refractivity contribution is 0.0733. The summed E-state index contributed by atoms with van der Waals surface area (Å²) in [6.45, 7) is 6.79. The Hall–Kier alpha value is -2.64. The molecular weight excluding hydrogens is 414 g/mol. The number of aryl methyl sites for hydroxylation is 2. The number of piperidine rings is 1. The van der Waals surface area contributed by atoms with Crippen LogP contribution in [-0.2, 0) is 13.1 Å². The van der Waals surface area contributed by atoms with Crippen LogP contribution in [0.25, 0.3) is 5.65 Å². The zero-order valence-corrected chi connectivity index (χ0v) is 18.8. The minimum atomic E-state index is -0.0397. The Labute approximate surface area is 186 Å². The number of likely N-dealkylation sites (tertiary alicyclic amines) is 1. The maximum atomic E-state index is 13.4. The molecule has 1 aromatic carbocycles. The first-order valence-corrected chi connectivity index (χ1v) is 11.1. The molecule has 0 spiro atoms. The maximum Gasteiger partial charge on any atom is 0.258 e. The van der Waals surface area contributed by atoms with E-state index in [1.54, 1.807) is 4.52 Å². The second-order valence-electron chi connectivity index (χ2n) is 8.54. The van der Waals surface area contributed by atoms with Crippen LogP contribution in [0.5, 0.6) is 5.75 Å². The molecule has 0 aliphatic carbocycles. The van der Waals surface area contributed by atoms with Gasteiger partial charge in [-0.3, -0.25) is 4.79 Å². The van der Waals surface area contributed by atoms with Gasteiger partial charge in [-0.2, -0.15) is 5.10 Å². The van der Waals surface area contributed by atoms with Gasteiger partial charge < -0.3 is 14.5 Å². The minimum Gasteiger partial charge on any atom is -0.489 e. The number of ether oxygens (including phenoxy) is 1. The first kappa shape index (κ1) is 20.3. The van der Waals surface area contributed by atoms with E-state index in [4.69, 9.17) is 16.3 Å². The average molecular weight is 440 g/mol. The standard InChI is InChI=1S/C23H26ClN5O2/c1-14-21(24)15(2)29-22(25-14)18-12-28(13-19(18)26-29)23(30)17-6-4-5-7-20(17)31-16-8-10-27(3)11-9-16/h4-7,16H,8-13H2,1-3H3. The third-order valence-corrected chi connectivity index (χ3v) is 6.87. The molecule has 1 saturated heterocycles. The maximum absolute atomic E-state index is 13.4. The van der Waals surface area contributed by atoms with Crippen LogP contribution in [0, 0.1) is 13.8 Å². The normalized spacial score (nSPS) is 17.4. The molecule has 0 unspecified atom stereocenters. The van der Waals surface area contributed by atoms with Crippen molar-refractivity contribution in [3.63, 3.8) is 0 Å². The molecule has 31 heavy (non-hydrogen) atoms. The lowest BCUT2D eigenvalue weighted by Crippen LogP contribution is -2.36. The third kappa shape index (κ3) is 3.55. The number of para-hydroxylation sites is 1. The summed E-state index contributed by atoms with van der Waals surface area (Å²) < 4.78 is 8.06. The highest BCUT2D eigenvalue weighted by Crippen LogP contribution is 2.31. The van der Waals surface area contributed by atoms with Gasteiger partial charge >= 0.3 is 0 Å². The van der Waals surface area contributed by atoms with Gasteiger partial charge in [-0.1, -0.05) is 23.7 Å². The average Bonchev–Trinajstić information content (AvgIpc) is 3.33. The third-order valence-electron chi connectivity index (χ3n) is 6.32. The number of carbonyl (C=O) groups is 1. The molecule has 2 aliphatic heterocycles. The predicted octanol–water partition coefficient (Wildman–Crippen LogP) is 3.63. The molecule has 1 amide bonds. The van der Waals surface area contributed by atoms with Gasteiger partial charge in [0.1, 0.15) is 11.9 Å². The summed E-state index contributed by atoms with van der Waals surface area (Å²) in [5.74, 6) is 0.625. The number of amides is 1. The van der Waals surface area contributed by atoms with E-state index in [-0.39, 0.29) is 12.0 Å². The number of halogens is 1. The van der Waals surface area contributed by atoms with Crippen LogP contribution in [-0.4, -0.2) is 56.5 Å². The van der Waals surface area contributed by atoms with Gasteiger partial charge in [0.25, 0.3) is 5.91 Å². The van der Waals surface area contributed by atoms with Crippen molar-refractivity contribution in [2.45, 2.75) is 45.9 Å². The van der Waals surface area contributed by atoms with Crippen LogP contribution < -0.4 is 4.74 Å². The SMILES string of the molecule is Cc1nc2c3c(nn2c(C)c1Cl)CN(C(=O)c1ccccc1OC1CCN(C)CC1)C3. The first-order chi connectivity index (χ1) is 14.9. The predicted molar refractivity (Wildman–Crippen MR) is 119 cm³/mol. The minimum absolute atomic E-state index is 0.0397. The van der Waals surface area contributed by atoms with Gasteiger partial charge in [0.2, 0.25) is 0 Å². The van der Waals surface area contributed by atoms with Crippen LogP contribution >= 0.6 is 11.6 Å². The molecule has 7 nitrogen and oxygen atoms in total. The van der Waals surface area contributed by atoms with E-state index < -0.39 is 0 Å². The molecule has 1 fully saturated rings. The Kier molecular flexibility index (Phi) is 5.10. The quantitative estimate of drug-likeness (QED) is 0.623. The Bertz CT molecular complexity index is 1170. The number of rotatable bonds is 3. The van der Waals surface area contributed by atoms with Crippen LogP contribution in [0.4, 0.5) is 0 Å². The molecule has 8 heteroatoms. The number of aromatic nitrogens is 3. The molecular formula is C23H26ClN5O2. The highest BCUT2D eigenvalue weighted by Gasteiger charge is 2.32. The van der Waals surface area contributed by atoms with Gasteiger partial charge in [-0.05, 0) is 45.9 Å². The van der Waals surface area contributed by atoms with Crippen LogP contribution in [0.1, 0.15) is 45.8 Å². The zero-order chi connectivity index (χ0) is 21.7. The van der Waals surface area contributed by atoms with Crippen LogP contribution in [0.2, 0.25) is 5.02 Å². The van der Waals surface area contributed by atoms with Gasteiger partial charge in [0.15, 0.2) is 5.65 Å².